The summed E-state index contributed by atoms with van der Waals surface area (Å²) in [5.41, 5.74) is 1.48. The summed E-state index contributed by atoms with van der Waals surface area (Å²) in [6.07, 6.45) is 2.82. The molecule has 2 aliphatic rings. The van der Waals surface area contributed by atoms with Crippen molar-refractivity contribution in [1.29, 1.82) is 0 Å². The van der Waals surface area contributed by atoms with Crippen LogP contribution >= 0.6 is 0 Å². The zero-order valence-corrected chi connectivity index (χ0v) is 10.9. The predicted octanol–water partition coefficient (Wildman–Crippen LogP) is 1.51. The van der Waals surface area contributed by atoms with Crippen LogP contribution in [0.4, 0.5) is 0 Å². The van der Waals surface area contributed by atoms with Crippen molar-refractivity contribution < 1.29 is 4.74 Å². The second-order valence-electron chi connectivity index (χ2n) is 5.47. The lowest BCUT2D eigenvalue weighted by Crippen LogP contribution is -2.35. The number of hydrogen-bond donors (Lipinski definition) is 2. The lowest BCUT2D eigenvalue weighted by Gasteiger charge is -2.11. The Morgan fingerprint density at radius 2 is 2.11 bits per heavy atom. The highest BCUT2D eigenvalue weighted by Crippen LogP contribution is 2.40. The molecule has 18 heavy (non-hydrogen) atoms. The summed E-state index contributed by atoms with van der Waals surface area (Å²) < 4.78 is 5.36. The standard InChI is InChI=1S/C15H22N2O/c1-18-13-7-12(16-10-13)9-17-15-8-14(15)11-5-3-2-4-6-11/h2-6,12-17H,7-10H2,1H3. The van der Waals surface area contributed by atoms with Crippen LogP contribution in [0.25, 0.3) is 0 Å². The van der Waals surface area contributed by atoms with E-state index in [-0.39, 0.29) is 0 Å². The van der Waals surface area contributed by atoms with Crippen LogP contribution in [0.5, 0.6) is 0 Å². The molecule has 4 unspecified atom stereocenters. The van der Waals surface area contributed by atoms with Gasteiger partial charge in [-0.2, -0.15) is 0 Å². The van der Waals surface area contributed by atoms with E-state index in [1.807, 2.05) is 0 Å². The topological polar surface area (TPSA) is 33.3 Å². The summed E-state index contributed by atoms with van der Waals surface area (Å²) in [6.45, 7) is 2.06. The smallest absolute Gasteiger partial charge is 0.0711 e. The van der Waals surface area contributed by atoms with E-state index in [2.05, 4.69) is 41.0 Å². The highest BCUT2D eigenvalue weighted by molar-refractivity contribution is 5.27. The van der Waals surface area contributed by atoms with Crippen molar-refractivity contribution in [3.05, 3.63) is 35.9 Å². The monoisotopic (exact) mass is 246 g/mol. The Labute approximate surface area is 109 Å². The van der Waals surface area contributed by atoms with Crippen LogP contribution < -0.4 is 10.6 Å². The summed E-state index contributed by atoms with van der Waals surface area (Å²) in [6, 6.07) is 12.1. The van der Waals surface area contributed by atoms with Gasteiger partial charge in [0.15, 0.2) is 0 Å². The zero-order valence-electron chi connectivity index (χ0n) is 10.9. The Hall–Kier alpha value is -0.900. The molecule has 3 heteroatoms. The second-order valence-corrected chi connectivity index (χ2v) is 5.47. The van der Waals surface area contributed by atoms with E-state index in [1.165, 1.54) is 12.0 Å². The summed E-state index contributed by atoms with van der Waals surface area (Å²) in [5, 5.41) is 7.18. The van der Waals surface area contributed by atoms with E-state index >= 15 is 0 Å². The van der Waals surface area contributed by atoms with Gasteiger partial charge in [0.1, 0.15) is 0 Å². The third-order valence-corrected chi connectivity index (χ3v) is 4.16. The first-order valence-corrected chi connectivity index (χ1v) is 6.91. The van der Waals surface area contributed by atoms with Gasteiger partial charge in [0.05, 0.1) is 6.10 Å². The first-order valence-electron chi connectivity index (χ1n) is 6.91. The van der Waals surface area contributed by atoms with E-state index in [0.717, 1.165) is 25.4 Å². The van der Waals surface area contributed by atoms with Crippen molar-refractivity contribution in [2.45, 2.75) is 36.9 Å². The molecule has 1 aromatic rings. The average molecular weight is 246 g/mol. The third-order valence-electron chi connectivity index (χ3n) is 4.16. The highest BCUT2D eigenvalue weighted by Gasteiger charge is 2.38. The van der Waals surface area contributed by atoms with Gasteiger partial charge in [-0.3, -0.25) is 0 Å². The molecule has 0 spiro atoms. The van der Waals surface area contributed by atoms with Gasteiger partial charge in [-0.25, -0.2) is 0 Å². The van der Waals surface area contributed by atoms with Gasteiger partial charge < -0.3 is 15.4 Å². The fraction of sp³-hybridized carbons (Fsp3) is 0.600. The average Bonchev–Trinajstić information content (AvgIpc) is 3.06. The van der Waals surface area contributed by atoms with E-state index in [0.29, 0.717) is 18.2 Å². The van der Waals surface area contributed by atoms with Gasteiger partial charge in [-0.15, -0.1) is 0 Å². The molecule has 0 amide bonds. The van der Waals surface area contributed by atoms with E-state index in [1.54, 1.807) is 7.11 Å². The predicted molar refractivity (Wildman–Crippen MR) is 72.8 cm³/mol. The summed E-state index contributed by atoms with van der Waals surface area (Å²) in [5.74, 6) is 0.728. The number of hydrogen-bond acceptors (Lipinski definition) is 3. The Balaban J connectivity index is 1.41. The van der Waals surface area contributed by atoms with Gasteiger partial charge in [-0.1, -0.05) is 30.3 Å². The molecule has 98 valence electrons. The first kappa shape index (κ1) is 12.2. The SMILES string of the molecule is COC1CNC(CNC2CC2c2ccccc2)C1. The fourth-order valence-electron chi connectivity index (χ4n) is 2.90. The molecule has 3 rings (SSSR count). The van der Waals surface area contributed by atoms with Crippen LogP contribution in [0.15, 0.2) is 30.3 Å². The zero-order chi connectivity index (χ0) is 12.4. The molecule has 1 aliphatic carbocycles. The number of methoxy groups -OCH3 is 1. The molecule has 0 radical (unpaired) electrons. The Morgan fingerprint density at radius 1 is 1.28 bits per heavy atom. The van der Waals surface area contributed by atoms with E-state index in [9.17, 15) is 0 Å². The molecular weight excluding hydrogens is 224 g/mol. The van der Waals surface area contributed by atoms with Crippen molar-refractivity contribution in [1.82, 2.24) is 10.6 Å². The minimum absolute atomic E-state index is 0.404. The molecule has 3 nitrogen and oxygen atoms in total. The van der Waals surface area contributed by atoms with E-state index < -0.39 is 0 Å². The van der Waals surface area contributed by atoms with Crippen molar-refractivity contribution in [2.24, 2.45) is 0 Å². The van der Waals surface area contributed by atoms with Gasteiger partial charge in [0.25, 0.3) is 0 Å². The lowest BCUT2D eigenvalue weighted by atomic mass is 10.1. The molecule has 2 N–H and O–H groups in total. The molecule has 0 bridgehead atoms. The van der Waals surface area contributed by atoms with Crippen LogP contribution in [0.2, 0.25) is 0 Å². The number of rotatable bonds is 5. The maximum Gasteiger partial charge on any atom is 0.0711 e. The van der Waals surface area contributed by atoms with Crippen molar-refractivity contribution in [3.63, 3.8) is 0 Å². The highest BCUT2D eigenvalue weighted by atomic mass is 16.5. The molecule has 1 saturated carbocycles. The largest absolute Gasteiger partial charge is 0.380 e. The van der Waals surface area contributed by atoms with Crippen LogP contribution in [-0.2, 0) is 4.74 Å². The first-order chi connectivity index (χ1) is 8.86. The number of nitrogens with one attached hydrogen (secondary N) is 2. The van der Waals surface area contributed by atoms with Crippen LogP contribution in [-0.4, -0.2) is 38.4 Å². The van der Waals surface area contributed by atoms with Gasteiger partial charge in [0.2, 0.25) is 0 Å². The van der Waals surface area contributed by atoms with E-state index in [4.69, 9.17) is 4.74 Å². The lowest BCUT2D eigenvalue weighted by molar-refractivity contribution is 0.117. The van der Waals surface area contributed by atoms with Crippen molar-refractivity contribution in [2.75, 3.05) is 20.2 Å². The fourth-order valence-corrected chi connectivity index (χ4v) is 2.90. The molecular formula is C15H22N2O. The normalized spacial score (nSPS) is 34.7. The van der Waals surface area contributed by atoms with Crippen molar-refractivity contribution >= 4 is 0 Å². The summed E-state index contributed by atoms with van der Waals surface area (Å²) in [4.78, 5) is 0. The van der Waals surface area contributed by atoms with Gasteiger partial charge >= 0.3 is 0 Å². The molecule has 1 aromatic carbocycles. The van der Waals surface area contributed by atoms with Crippen LogP contribution in [0.1, 0.15) is 24.3 Å². The Bertz CT molecular complexity index is 381. The number of ether oxygens (including phenoxy) is 1. The second kappa shape index (κ2) is 5.39. The Morgan fingerprint density at radius 3 is 2.83 bits per heavy atom. The van der Waals surface area contributed by atoms with Crippen molar-refractivity contribution in [3.8, 4) is 0 Å². The molecule has 1 aliphatic heterocycles. The molecule has 0 aromatic heterocycles. The molecule has 1 heterocycles. The Kier molecular flexibility index (Phi) is 3.64. The van der Waals surface area contributed by atoms with Crippen LogP contribution in [0.3, 0.4) is 0 Å². The quantitative estimate of drug-likeness (QED) is 0.826. The minimum Gasteiger partial charge on any atom is -0.380 e. The molecule has 1 saturated heterocycles. The maximum atomic E-state index is 5.36. The van der Waals surface area contributed by atoms with Gasteiger partial charge in [0, 0.05) is 38.2 Å². The number of benzene rings is 1. The van der Waals surface area contributed by atoms with Gasteiger partial charge in [-0.05, 0) is 18.4 Å². The van der Waals surface area contributed by atoms with Crippen LogP contribution in [0, 0.1) is 0 Å². The summed E-state index contributed by atoms with van der Waals surface area (Å²) in [7, 11) is 1.80. The molecule has 2 fully saturated rings. The molecule has 4 atom stereocenters. The maximum absolute atomic E-state index is 5.36. The summed E-state index contributed by atoms with van der Waals surface area (Å²) >= 11 is 0. The third kappa shape index (κ3) is 2.74. The minimum atomic E-state index is 0.404.